The van der Waals surface area contributed by atoms with Crippen LogP contribution in [0.1, 0.15) is 34.7 Å². The lowest BCUT2D eigenvalue weighted by Crippen LogP contribution is -2.29. The van der Waals surface area contributed by atoms with Crippen LogP contribution in [0.3, 0.4) is 0 Å². The Morgan fingerprint density at radius 3 is 2.50 bits per heavy atom. The molecule has 5 rings (SSSR count). The maximum Gasteiger partial charge on any atom is 0.325 e. The van der Waals surface area contributed by atoms with Crippen LogP contribution >= 0.6 is 11.6 Å². The van der Waals surface area contributed by atoms with E-state index in [-0.39, 0.29) is 11.9 Å². The SMILES string of the molecule is CNC(=O)n1ccc2cc(N(C)c3ccnc(NC(=O)c4ccc(C5CCN(C)CC5)cc4)c3)c(Cl)cc21. The number of carbonyl (C=O) groups is 2. The molecule has 9 heteroatoms. The van der Waals surface area contributed by atoms with Crippen molar-refractivity contribution in [3.05, 3.63) is 83.1 Å². The average Bonchev–Trinajstić information content (AvgIpc) is 3.35. The molecule has 1 fully saturated rings. The van der Waals surface area contributed by atoms with Gasteiger partial charge in [0.1, 0.15) is 5.82 Å². The van der Waals surface area contributed by atoms with Crippen LogP contribution in [0.15, 0.2) is 67.0 Å². The number of halogens is 1. The van der Waals surface area contributed by atoms with Gasteiger partial charge in [0, 0.05) is 49.2 Å². The smallest absolute Gasteiger partial charge is 0.325 e. The summed E-state index contributed by atoms with van der Waals surface area (Å²) in [6, 6.07) is 16.9. The number of fused-ring (bicyclic) bond motifs is 1. The molecule has 1 aliphatic rings. The number of hydrogen-bond acceptors (Lipinski definition) is 5. The maximum atomic E-state index is 13.0. The average molecular weight is 531 g/mol. The van der Waals surface area contributed by atoms with Gasteiger partial charge in [0.05, 0.1) is 16.2 Å². The number of nitrogens with zero attached hydrogens (tertiary/aromatic N) is 4. The fourth-order valence-corrected chi connectivity index (χ4v) is 5.26. The first-order chi connectivity index (χ1) is 18.3. The molecule has 4 aromatic rings. The standard InChI is InChI=1S/C29H31ClN6O2/c1-31-29(38)36-15-11-22-16-26(24(30)18-25(22)36)35(3)23-8-12-32-27(17-23)33-28(37)21-6-4-19(5-7-21)20-9-13-34(2)14-10-20/h4-8,11-12,15-18,20H,9-10,13-14H2,1-3H3,(H,31,38)(H,32,33,37). The van der Waals surface area contributed by atoms with E-state index in [9.17, 15) is 9.59 Å². The number of likely N-dealkylation sites (tertiary alicyclic amines) is 1. The predicted octanol–water partition coefficient (Wildman–Crippen LogP) is 5.71. The normalized spacial score (nSPS) is 14.4. The van der Waals surface area contributed by atoms with Crippen LogP contribution in [0.2, 0.25) is 5.02 Å². The highest BCUT2D eigenvalue weighted by molar-refractivity contribution is 6.34. The van der Waals surface area contributed by atoms with E-state index in [1.54, 1.807) is 31.6 Å². The summed E-state index contributed by atoms with van der Waals surface area (Å²) in [6.45, 7) is 2.20. The van der Waals surface area contributed by atoms with Gasteiger partial charge in [-0.05, 0) is 80.9 Å². The van der Waals surface area contributed by atoms with Gasteiger partial charge >= 0.3 is 6.03 Å². The summed E-state index contributed by atoms with van der Waals surface area (Å²) in [5, 5.41) is 6.91. The van der Waals surface area contributed by atoms with E-state index >= 15 is 0 Å². The fraction of sp³-hybridized carbons (Fsp3) is 0.276. The minimum Gasteiger partial charge on any atom is -0.343 e. The van der Waals surface area contributed by atoms with Crippen LogP contribution in [-0.4, -0.2) is 60.6 Å². The van der Waals surface area contributed by atoms with Crippen LogP contribution in [0.5, 0.6) is 0 Å². The molecule has 0 unspecified atom stereocenters. The number of pyridine rings is 1. The molecule has 0 saturated carbocycles. The van der Waals surface area contributed by atoms with Crippen LogP contribution < -0.4 is 15.5 Å². The minimum absolute atomic E-state index is 0.206. The lowest BCUT2D eigenvalue weighted by Gasteiger charge is -2.29. The summed E-state index contributed by atoms with van der Waals surface area (Å²) >= 11 is 6.63. The molecule has 0 radical (unpaired) electrons. The Bertz CT molecular complexity index is 1470. The molecule has 0 aliphatic carbocycles. The van der Waals surface area contributed by atoms with Crippen molar-refractivity contribution < 1.29 is 9.59 Å². The van der Waals surface area contributed by atoms with Crippen LogP contribution in [0.4, 0.5) is 22.0 Å². The Kier molecular flexibility index (Phi) is 7.35. The van der Waals surface area contributed by atoms with Crippen LogP contribution in [0, 0.1) is 0 Å². The second-order valence-electron chi connectivity index (χ2n) is 9.72. The lowest BCUT2D eigenvalue weighted by atomic mass is 9.89. The van der Waals surface area contributed by atoms with Gasteiger partial charge in [-0.25, -0.2) is 9.78 Å². The van der Waals surface area contributed by atoms with E-state index in [4.69, 9.17) is 11.6 Å². The number of benzene rings is 2. The van der Waals surface area contributed by atoms with Gasteiger partial charge in [0.2, 0.25) is 0 Å². The van der Waals surface area contributed by atoms with Gasteiger partial charge in [-0.15, -0.1) is 0 Å². The lowest BCUT2D eigenvalue weighted by molar-refractivity contribution is 0.102. The number of aromatic nitrogens is 2. The van der Waals surface area contributed by atoms with E-state index in [0.29, 0.717) is 22.3 Å². The zero-order valence-electron chi connectivity index (χ0n) is 21.7. The Morgan fingerprint density at radius 1 is 1.05 bits per heavy atom. The molecule has 3 heterocycles. The van der Waals surface area contributed by atoms with Crippen molar-refractivity contribution in [1.82, 2.24) is 19.8 Å². The summed E-state index contributed by atoms with van der Waals surface area (Å²) in [5.41, 5.74) is 4.17. The van der Waals surface area contributed by atoms with Crippen molar-refractivity contribution >= 4 is 51.6 Å². The number of nitrogens with one attached hydrogen (secondary N) is 2. The highest BCUT2D eigenvalue weighted by Gasteiger charge is 2.19. The molecule has 1 saturated heterocycles. The molecular weight excluding hydrogens is 500 g/mol. The van der Waals surface area contributed by atoms with Crippen LogP contribution in [-0.2, 0) is 0 Å². The number of carbonyl (C=O) groups excluding carboxylic acids is 2. The first-order valence-electron chi connectivity index (χ1n) is 12.7. The van der Waals surface area contributed by atoms with E-state index < -0.39 is 0 Å². The first kappa shape index (κ1) is 25.8. The van der Waals surface area contributed by atoms with Gasteiger partial charge in [-0.2, -0.15) is 0 Å². The van der Waals surface area contributed by atoms with Gasteiger partial charge in [-0.3, -0.25) is 9.36 Å². The highest BCUT2D eigenvalue weighted by atomic mass is 35.5. The predicted molar refractivity (Wildman–Crippen MR) is 153 cm³/mol. The summed E-state index contributed by atoms with van der Waals surface area (Å²) < 4.78 is 1.52. The van der Waals surface area contributed by atoms with Crippen molar-refractivity contribution in [3.63, 3.8) is 0 Å². The summed E-state index contributed by atoms with van der Waals surface area (Å²) in [4.78, 5) is 33.7. The first-order valence-corrected chi connectivity index (χ1v) is 13.0. The number of piperidine rings is 1. The van der Waals surface area contributed by atoms with E-state index in [0.717, 1.165) is 48.2 Å². The molecule has 8 nitrogen and oxygen atoms in total. The van der Waals surface area contributed by atoms with Crippen molar-refractivity contribution in [2.45, 2.75) is 18.8 Å². The Labute approximate surface area is 227 Å². The molecule has 1 aliphatic heterocycles. The summed E-state index contributed by atoms with van der Waals surface area (Å²) in [7, 11) is 5.64. The quantitative estimate of drug-likeness (QED) is 0.345. The van der Waals surface area contributed by atoms with Gasteiger partial charge in [0.25, 0.3) is 5.91 Å². The number of amides is 2. The van der Waals surface area contributed by atoms with Gasteiger partial charge in [0.15, 0.2) is 0 Å². The van der Waals surface area contributed by atoms with Crippen molar-refractivity contribution in [2.75, 3.05) is 44.4 Å². The number of hydrogen-bond donors (Lipinski definition) is 2. The van der Waals surface area contributed by atoms with Gasteiger partial charge < -0.3 is 20.4 Å². The molecule has 196 valence electrons. The number of anilines is 3. The topological polar surface area (TPSA) is 82.5 Å². The third-order valence-corrected chi connectivity index (χ3v) is 7.59. The van der Waals surface area contributed by atoms with Crippen LogP contribution in [0.25, 0.3) is 10.9 Å². The Hall–Kier alpha value is -3.88. The molecule has 2 aromatic carbocycles. The highest BCUT2D eigenvalue weighted by Crippen LogP contribution is 2.35. The zero-order chi connectivity index (χ0) is 26.8. The molecule has 2 amide bonds. The molecule has 38 heavy (non-hydrogen) atoms. The monoisotopic (exact) mass is 530 g/mol. The van der Waals surface area contributed by atoms with Crippen molar-refractivity contribution in [1.29, 1.82) is 0 Å². The summed E-state index contributed by atoms with van der Waals surface area (Å²) in [5.74, 6) is 0.787. The third-order valence-electron chi connectivity index (χ3n) is 7.29. The molecular formula is C29H31ClN6O2. The largest absolute Gasteiger partial charge is 0.343 e. The fourth-order valence-electron chi connectivity index (χ4n) is 4.97. The van der Waals surface area contributed by atoms with Crippen molar-refractivity contribution in [3.8, 4) is 0 Å². The zero-order valence-corrected chi connectivity index (χ0v) is 22.5. The molecule has 0 spiro atoms. The molecule has 0 bridgehead atoms. The van der Waals surface area contributed by atoms with E-state index in [2.05, 4.69) is 39.7 Å². The Morgan fingerprint density at radius 2 is 1.79 bits per heavy atom. The minimum atomic E-state index is -0.233. The second kappa shape index (κ2) is 10.8. The summed E-state index contributed by atoms with van der Waals surface area (Å²) in [6.07, 6.45) is 5.65. The second-order valence-corrected chi connectivity index (χ2v) is 10.1. The molecule has 2 aromatic heterocycles. The van der Waals surface area contributed by atoms with E-state index in [1.165, 1.54) is 10.1 Å². The molecule has 0 atom stereocenters. The third kappa shape index (κ3) is 5.23. The number of rotatable bonds is 5. The van der Waals surface area contributed by atoms with E-state index in [1.807, 2.05) is 42.3 Å². The molecule has 2 N–H and O–H groups in total. The van der Waals surface area contributed by atoms with Gasteiger partial charge in [-0.1, -0.05) is 23.7 Å². The maximum absolute atomic E-state index is 13.0. The Balaban J connectivity index is 1.31. The van der Waals surface area contributed by atoms with Crippen molar-refractivity contribution in [2.24, 2.45) is 0 Å².